The maximum atomic E-state index is 4.92. The van der Waals surface area contributed by atoms with E-state index in [2.05, 4.69) is 42.0 Å². The summed E-state index contributed by atoms with van der Waals surface area (Å²) in [5.41, 5.74) is 7.09. The zero-order chi connectivity index (χ0) is 20.8. The van der Waals surface area contributed by atoms with Gasteiger partial charge in [-0.25, -0.2) is 9.97 Å². The lowest BCUT2D eigenvalue weighted by atomic mass is 10.1. The van der Waals surface area contributed by atoms with Gasteiger partial charge in [0.05, 0.1) is 34.8 Å². The van der Waals surface area contributed by atoms with Crippen molar-refractivity contribution < 1.29 is 0 Å². The van der Waals surface area contributed by atoms with Crippen LogP contribution in [0.2, 0.25) is 0 Å². The summed E-state index contributed by atoms with van der Waals surface area (Å²) in [6.07, 6.45) is 7.25. The molecule has 1 aliphatic rings. The lowest BCUT2D eigenvalue weighted by Gasteiger charge is -2.33. The van der Waals surface area contributed by atoms with Gasteiger partial charge in [-0.3, -0.25) is 15.1 Å². The van der Waals surface area contributed by atoms with Gasteiger partial charge in [0.2, 0.25) is 0 Å². The molecule has 0 aromatic carbocycles. The summed E-state index contributed by atoms with van der Waals surface area (Å²) >= 11 is 0. The van der Waals surface area contributed by atoms with Gasteiger partial charge < -0.3 is 14.8 Å². The fraction of sp³-hybridized carbons (Fsp3) is 0.227. The van der Waals surface area contributed by atoms with Crippen molar-refractivity contribution in [2.45, 2.75) is 0 Å². The number of hydrogen-bond donors (Lipinski definition) is 2. The molecule has 1 saturated heterocycles. The first-order valence-electron chi connectivity index (χ1n) is 10.3. The van der Waals surface area contributed by atoms with Crippen LogP contribution in [0, 0.1) is 0 Å². The minimum Gasteiger partial charge on any atom is -0.366 e. The number of piperazine rings is 1. The van der Waals surface area contributed by atoms with Crippen LogP contribution in [0.4, 0.5) is 5.69 Å². The summed E-state index contributed by atoms with van der Waals surface area (Å²) in [6, 6.07) is 7.87. The van der Waals surface area contributed by atoms with Crippen LogP contribution in [0.5, 0.6) is 0 Å². The smallest absolute Gasteiger partial charge is 0.161 e. The van der Waals surface area contributed by atoms with Gasteiger partial charge in [-0.2, -0.15) is 5.10 Å². The van der Waals surface area contributed by atoms with Gasteiger partial charge in [-0.05, 0) is 31.3 Å². The molecule has 154 valence electrons. The minimum atomic E-state index is 0.684. The van der Waals surface area contributed by atoms with E-state index in [1.54, 1.807) is 12.4 Å². The zero-order valence-corrected chi connectivity index (χ0v) is 17.1. The molecule has 0 bridgehead atoms. The normalized spacial score (nSPS) is 15.2. The third kappa shape index (κ3) is 3.10. The summed E-state index contributed by atoms with van der Waals surface area (Å²) in [5.74, 6) is 0.684. The van der Waals surface area contributed by atoms with Crippen LogP contribution >= 0.6 is 0 Å². The number of H-pyrrole nitrogens is 2. The number of nitrogens with zero attached hydrogens (tertiary/aromatic N) is 7. The first-order chi connectivity index (χ1) is 15.3. The van der Waals surface area contributed by atoms with Crippen molar-refractivity contribution in [2.24, 2.45) is 0 Å². The van der Waals surface area contributed by atoms with Gasteiger partial charge in [-0.15, -0.1) is 0 Å². The van der Waals surface area contributed by atoms with Gasteiger partial charge in [0.25, 0.3) is 0 Å². The molecule has 0 radical (unpaired) electrons. The second-order valence-electron chi connectivity index (χ2n) is 7.83. The number of anilines is 1. The largest absolute Gasteiger partial charge is 0.366 e. The second kappa shape index (κ2) is 7.13. The number of imidazole rings is 1. The highest BCUT2D eigenvalue weighted by Crippen LogP contribution is 2.30. The Morgan fingerprint density at radius 3 is 2.52 bits per heavy atom. The van der Waals surface area contributed by atoms with Crippen molar-refractivity contribution in [3.63, 3.8) is 0 Å². The number of nitrogens with one attached hydrogen (secondary N) is 2. The lowest BCUT2D eigenvalue weighted by molar-refractivity contribution is 0.313. The molecule has 2 N–H and O–H groups in total. The SMILES string of the molecule is CN1CCN(c2cncc3[nH]c(-c4n[nH]c5ccc(-c6ccncc6)nc45)nc23)CC1. The van der Waals surface area contributed by atoms with Crippen LogP contribution in [0.15, 0.2) is 49.1 Å². The highest BCUT2D eigenvalue weighted by Gasteiger charge is 2.20. The Balaban J connectivity index is 1.44. The molecule has 0 amide bonds. The molecule has 0 spiro atoms. The molecular weight excluding hydrogens is 390 g/mol. The maximum absolute atomic E-state index is 4.92. The second-order valence-corrected chi connectivity index (χ2v) is 7.83. The maximum Gasteiger partial charge on any atom is 0.161 e. The molecule has 6 rings (SSSR count). The Bertz CT molecular complexity index is 1360. The van der Waals surface area contributed by atoms with Crippen molar-refractivity contribution in [2.75, 3.05) is 38.1 Å². The van der Waals surface area contributed by atoms with E-state index >= 15 is 0 Å². The van der Waals surface area contributed by atoms with Crippen molar-refractivity contribution in [3.05, 3.63) is 49.1 Å². The highest BCUT2D eigenvalue weighted by molar-refractivity contribution is 5.94. The van der Waals surface area contributed by atoms with E-state index in [0.29, 0.717) is 11.5 Å². The van der Waals surface area contributed by atoms with Crippen LogP contribution in [0.3, 0.4) is 0 Å². The number of hydrogen-bond acceptors (Lipinski definition) is 7. The molecular formula is C22H21N9. The average molecular weight is 411 g/mol. The number of rotatable bonds is 3. The van der Waals surface area contributed by atoms with Crippen LogP contribution in [0.1, 0.15) is 0 Å². The molecule has 0 atom stereocenters. The third-order valence-corrected chi connectivity index (χ3v) is 5.83. The predicted octanol–water partition coefficient (Wildman–Crippen LogP) is 2.71. The molecule has 9 nitrogen and oxygen atoms in total. The summed E-state index contributed by atoms with van der Waals surface area (Å²) in [5, 5.41) is 7.59. The van der Waals surface area contributed by atoms with Crippen molar-refractivity contribution >= 4 is 27.8 Å². The van der Waals surface area contributed by atoms with E-state index < -0.39 is 0 Å². The highest BCUT2D eigenvalue weighted by atomic mass is 15.3. The van der Waals surface area contributed by atoms with Crippen molar-refractivity contribution in [1.82, 2.24) is 40.0 Å². The number of aromatic amines is 2. The summed E-state index contributed by atoms with van der Waals surface area (Å²) in [6.45, 7) is 3.97. The summed E-state index contributed by atoms with van der Waals surface area (Å²) < 4.78 is 0. The Hall–Kier alpha value is -3.85. The van der Waals surface area contributed by atoms with Crippen molar-refractivity contribution in [3.8, 4) is 22.8 Å². The van der Waals surface area contributed by atoms with E-state index in [1.165, 1.54) is 0 Å². The van der Waals surface area contributed by atoms with Gasteiger partial charge in [0, 0.05) is 44.1 Å². The molecule has 5 aromatic rings. The number of likely N-dealkylation sites (N-methyl/N-ethyl adjacent to an activating group) is 1. The molecule has 0 aliphatic carbocycles. The number of aromatic nitrogens is 7. The molecule has 1 fully saturated rings. The van der Waals surface area contributed by atoms with Gasteiger partial charge >= 0.3 is 0 Å². The number of pyridine rings is 3. The average Bonchev–Trinajstić information content (AvgIpc) is 3.43. The predicted molar refractivity (Wildman–Crippen MR) is 120 cm³/mol. The molecule has 1 aliphatic heterocycles. The Kier molecular flexibility index (Phi) is 4.13. The van der Waals surface area contributed by atoms with Gasteiger partial charge in [0.15, 0.2) is 11.5 Å². The fourth-order valence-corrected chi connectivity index (χ4v) is 4.06. The molecule has 0 unspecified atom stereocenters. The van der Waals surface area contributed by atoms with E-state index in [0.717, 1.165) is 65.2 Å². The van der Waals surface area contributed by atoms with E-state index in [9.17, 15) is 0 Å². The minimum absolute atomic E-state index is 0.684. The first-order valence-corrected chi connectivity index (χ1v) is 10.3. The molecule has 0 saturated carbocycles. The summed E-state index contributed by atoms with van der Waals surface area (Å²) in [4.78, 5) is 26.4. The van der Waals surface area contributed by atoms with Crippen LogP contribution in [-0.2, 0) is 0 Å². The Morgan fingerprint density at radius 1 is 0.839 bits per heavy atom. The standard InChI is InChI=1S/C22H21N9/c1-30-8-10-31(11-9-30)18-13-24-12-17-19(18)27-22(26-17)21-20-16(28-29-21)3-2-15(25-20)14-4-6-23-7-5-14/h2-7,12-13H,8-11H2,1H3,(H,26,27)(H,28,29). The Morgan fingerprint density at radius 2 is 1.68 bits per heavy atom. The van der Waals surface area contributed by atoms with E-state index in [-0.39, 0.29) is 0 Å². The van der Waals surface area contributed by atoms with Crippen LogP contribution < -0.4 is 4.90 Å². The molecule has 5 aromatic heterocycles. The Labute approximate surface area is 178 Å². The van der Waals surface area contributed by atoms with Crippen molar-refractivity contribution in [1.29, 1.82) is 0 Å². The quantitative estimate of drug-likeness (QED) is 0.471. The number of fused-ring (bicyclic) bond motifs is 2. The monoisotopic (exact) mass is 411 g/mol. The van der Waals surface area contributed by atoms with Gasteiger partial charge in [-0.1, -0.05) is 0 Å². The molecule has 31 heavy (non-hydrogen) atoms. The van der Waals surface area contributed by atoms with Gasteiger partial charge in [0.1, 0.15) is 11.0 Å². The first kappa shape index (κ1) is 18.0. The fourth-order valence-electron chi connectivity index (χ4n) is 4.06. The van der Waals surface area contributed by atoms with E-state index in [4.69, 9.17) is 9.97 Å². The third-order valence-electron chi connectivity index (χ3n) is 5.83. The van der Waals surface area contributed by atoms with E-state index in [1.807, 2.05) is 36.7 Å². The zero-order valence-electron chi connectivity index (χ0n) is 17.1. The van der Waals surface area contributed by atoms with Crippen LogP contribution in [0.25, 0.3) is 44.8 Å². The summed E-state index contributed by atoms with van der Waals surface area (Å²) in [7, 11) is 2.15. The molecule has 9 heteroatoms. The molecule has 6 heterocycles. The lowest BCUT2D eigenvalue weighted by Crippen LogP contribution is -2.44. The van der Waals surface area contributed by atoms with Crippen LogP contribution in [-0.4, -0.2) is 73.2 Å². The topological polar surface area (TPSA) is 103 Å².